The molecule has 2 nitrogen and oxygen atoms in total. The van der Waals surface area contributed by atoms with Crippen LogP contribution in [-0.2, 0) is 0 Å². The number of nitrogens with zero attached hydrogens (tertiary/aromatic N) is 1. The minimum Gasteiger partial charge on any atom is -0.368 e. The Morgan fingerprint density at radius 2 is 1.65 bits per heavy atom. The molecule has 0 unspecified atom stereocenters. The van der Waals surface area contributed by atoms with E-state index in [4.69, 9.17) is 23.2 Å². The Labute approximate surface area is 122 Å². The van der Waals surface area contributed by atoms with Gasteiger partial charge in [-0.1, -0.05) is 23.2 Å². The normalized spacial score (nSPS) is 14.9. The maximum absolute atomic E-state index is 13.1. The highest BCUT2D eigenvalue weighted by molar-refractivity contribution is 6.43. The summed E-state index contributed by atoms with van der Waals surface area (Å²) in [6.07, 6.45) is 0. The summed E-state index contributed by atoms with van der Waals surface area (Å²) < 4.78 is 13.1. The lowest BCUT2D eigenvalue weighted by Crippen LogP contribution is -2.43. The highest BCUT2D eigenvalue weighted by Gasteiger charge is 2.16. The fraction of sp³-hybridized carbons (Fsp3) is 0.400. The van der Waals surface area contributed by atoms with Crippen LogP contribution in [0.1, 0.15) is 0 Å². The first-order valence-electron chi connectivity index (χ1n) is 4.79. The van der Waals surface area contributed by atoms with Gasteiger partial charge in [-0.2, -0.15) is 0 Å². The van der Waals surface area contributed by atoms with E-state index in [1.807, 2.05) is 0 Å². The molecule has 2 rings (SSSR count). The summed E-state index contributed by atoms with van der Waals surface area (Å²) in [7, 11) is 0. The zero-order chi connectivity index (χ0) is 10.8. The number of piperazine rings is 1. The quantitative estimate of drug-likeness (QED) is 0.798. The molecule has 0 spiro atoms. The zero-order valence-corrected chi connectivity index (χ0v) is 12.0. The van der Waals surface area contributed by atoms with Crippen LogP contribution in [0.5, 0.6) is 0 Å². The fourth-order valence-corrected chi connectivity index (χ4v) is 2.10. The van der Waals surface area contributed by atoms with E-state index < -0.39 is 5.82 Å². The molecule has 0 bridgehead atoms. The van der Waals surface area contributed by atoms with Crippen LogP contribution in [-0.4, -0.2) is 26.2 Å². The maximum atomic E-state index is 13.1. The van der Waals surface area contributed by atoms with Crippen molar-refractivity contribution < 1.29 is 4.39 Å². The molecule has 1 N–H and O–H groups in total. The van der Waals surface area contributed by atoms with E-state index in [0.717, 1.165) is 31.9 Å². The topological polar surface area (TPSA) is 15.3 Å². The van der Waals surface area contributed by atoms with Crippen molar-refractivity contribution in [2.75, 3.05) is 31.1 Å². The van der Waals surface area contributed by atoms with E-state index in [9.17, 15) is 4.39 Å². The minimum atomic E-state index is -0.472. The minimum absolute atomic E-state index is 0. The van der Waals surface area contributed by atoms with Crippen LogP contribution in [0.25, 0.3) is 0 Å². The average Bonchev–Trinajstić information content (AvgIpc) is 2.27. The molecule has 1 aromatic carbocycles. The molecule has 1 saturated heterocycles. The molecule has 1 fully saturated rings. The second-order valence-electron chi connectivity index (χ2n) is 3.43. The molecule has 1 heterocycles. The van der Waals surface area contributed by atoms with Crippen LogP contribution in [0.15, 0.2) is 12.1 Å². The van der Waals surface area contributed by atoms with Gasteiger partial charge in [0.05, 0.1) is 15.7 Å². The number of benzene rings is 1. The summed E-state index contributed by atoms with van der Waals surface area (Å²) in [5, 5.41) is 3.55. The van der Waals surface area contributed by atoms with Crippen molar-refractivity contribution in [1.29, 1.82) is 0 Å². The average molecular weight is 322 g/mol. The molecule has 0 radical (unpaired) electrons. The Morgan fingerprint density at radius 3 is 2.24 bits per heavy atom. The van der Waals surface area contributed by atoms with Gasteiger partial charge in [-0.3, -0.25) is 0 Å². The van der Waals surface area contributed by atoms with Gasteiger partial charge < -0.3 is 10.2 Å². The highest BCUT2D eigenvalue weighted by atomic mass is 35.5. The van der Waals surface area contributed by atoms with Gasteiger partial charge >= 0.3 is 0 Å². The summed E-state index contributed by atoms with van der Waals surface area (Å²) in [4.78, 5) is 2.10. The van der Waals surface area contributed by atoms with Gasteiger partial charge in [0.25, 0.3) is 0 Å². The lowest BCUT2D eigenvalue weighted by Gasteiger charge is -2.30. The van der Waals surface area contributed by atoms with E-state index in [0.29, 0.717) is 5.02 Å². The summed E-state index contributed by atoms with van der Waals surface area (Å²) in [6.45, 7) is 3.54. The summed E-state index contributed by atoms with van der Waals surface area (Å²) >= 11 is 11.8. The number of hydrogen-bond donors (Lipinski definition) is 1. The lowest BCUT2D eigenvalue weighted by atomic mass is 10.2. The Bertz CT molecular complexity index is 370. The summed E-state index contributed by atoms with van der Waals surface area (Å²) in [5.41, 5.74) is 0.810. The van der Waals surface area contributed by atoms with Crippen LogP contribution < -0.4 is 10.2 Å². The number of hydrogen-bond acceptors (Lipinski definition) is 2. The van der Waals surface area contributed by atoms with Crippen LogP contribution in [0.2, 0.25) is 10.0 Å². The standard InChI is InChI=1S/C10H11Cl2FN2.2ClH/c11-9-7(13)1-2-8(10(9)12)15-5-3-14-4-6-15;;/h1-2,14H,3-6H2;2*1H. The molecular formula is C10H13Cl4FN2. The molecule has 0 saturated carbocycles. The molecule has 0 amide bonds. The molecule has 1 aromatic rings. The van der Waals surface area contributed by atoms with Crippen molar-refractivity contribution in [3.05, 3.63) is 28.0 Å². The molecule has 98 valence electrons. The molecule has 0 atom stereocenters. The second-order valence-corrected chi connectivity index (χ2v) is 4.19. The molecular weight excluding hydrogens is 309 g/mol. The zero-order valence-electron chi connectivity index (χ0n) is 8.88. The Hall–Kier alpha value is 0.0700. The monoisotopic (exact) mass is 320 g/mol. The summed E-state index contributed by atoms with van der Waals surface area (Å²) in [6, 6.07) is 3.03. The van der Waals surface area contributed by atoms with Gasteiger partial charge in [-0.25, -0.2) is 4.39 Å². The van der Waals surface area contributed by atoms with Gasteiger partial charge in [0.1, 0.15) is 5.82 Å². The van der Waals surface area contributed by atoms with Gasteiger partial charge in [-0.15, -0.1) is 24.8 Å². The number of nitrogens with one attached hydrogen (secondary N) is 1. The first kappa shape index (κ1) is 17.1. The number of halogens is 5. The van der Waals surface area contributed by atoms with Crippen molar-refractivity contribution >= 4 is 53.7 Å². The van der Waals surface area contributed by atoms with Gasteiger partial charge in [0, 0.05) is 26.2 Å². The van der Waals surface area contributed by atoms with Crippen molar-refractivity contribution in [1.82, 2.24) is 5.32 Å². The summed E-state index contributed by atoms with van der Waals surface area (Å²) in [5.74, 6) is -0.472. The van der Waals surface area contributed by atoms with Crippen molar-refractivity contribution in [3.63, 3.8) is 0 Å². The van der Waals surface area contributed by atoms with Crippen molar-refractivity contribution in [2.24, 2.45) is 0 Å². The third kappa shape index (κ3) is 3.76. The maximum Gasteiger partial charge on any atom is 0.143 e. The lowest BCUT2D eigenvalue weighted by molar-refractivity contribution is 0.587. The van der Waals surface area contributed by atoms with Crippen molar-refractivity contribution in [3.8, 4) is 0 Å². The van der Waals surface area contributed by atoms with Crippen LogP contribution in [0.4, 0.5) is 10.1 Å². The van der Waals surface area contributed by atoms with E-state index in [2.05, 4.69) is 10.2 Å². The molecule has 0 aromatic heterocycles. The van der Waals surface area contributed by atoms with Crippen LogP contribution in [0.3, 0.4) is 0 Å². The van der Waals surface area contributed by atoms with E-state index in [-0.39, 0.29) is 29.8 Å². The van der Waals surface area contributed by atoms with Crippen LogP contribution >= 0.6 is 48.0 Å². The van der Waals surface area contributed by atoms with E-state index in [1.54, 1.807) is 6.07 Å². The first-order valence-corrected chi connectivity index (χ1v) is 5.55. The van der Waals surface area contributed by atoms with E-state index >= 15 is 0 Å². The van der Waals surface area contributed by atoms with Gasteiger partial charge in [0.15, 0.2) is 0 Å². The number of anilines is 1. The predicted octanol–water partition coefficient (Wildman–Crippen LogP) is 3.39. The third-order valence-corrected chi connectivity index (χ3v) is 3.32. The predicted molar refractivity (Wildman–Crippen MR) is 76.0 cm³/mol. The molecule has 0 aliphatic carbocycles. The second kappa shape index (κ2) is 7.49. The van der Waals surface area contributed by atoms with Gasteiger partial charge in [0.2, 0.25) is 0 Å². The third-order valence-electron chi connectivity index (χ3n) is 2.47. The Kier molecular flexibility index (Phi) is 7.52. The highest BCUT2D eigenvalue weighted by Crippen LogP contribution is 2.34. The van der Waals surface area contributed by atoms with Crippen molar-refractivity contribution in [2.45, 2.75) is 0 Å². The molecule has 7 heteroatoms. The Balaban J connectivity index is 0.00000128. The molecule has 1 aliphatic rings. The smallest absolute Gasteiger partial charge is 0.143 e. The molecule has 17 heavy (non-hydrogen) atoms. The Morgan fingerprint density at radius 1 is 1.06 bits per heavy atom. The van der Waals surface area contributed by atoms with E-state index in [1.165, 1.54) is 6.07 Å². The van der Waals surface area contributed by atoms with Gasteiger partial charge in [-0.05, 0) is 12.1 Å². The van der Waals surface area contributed by atoms with Crippen LogP contribution in [0, 0.1) is 5.82 Å². The first-order chi connectivity index (χ1) is 7.20. The largest absolute Gasteiger partial charge is 0.368 e. The number of rotatable bonds is 1. The SMILES string of the molecule is Cl.Cl.Fc1ccc(N2CCNCC2)c(Cl)c1Cl. The molecule has 1 aliphatic heterocycles. The fourth-order valence-electron chi connectivity index (χ4n) is 1.67.